The topological polar surface area (TPSA) is 87.2 Å². The molecule has 1 aromatic heterocycles. The van der Waals surface area contributed by atoms with Gasteiger partial charge in [0.05, 0.1) is 0 Å². The van der Waals surface area contributed by atoms with Crippen molar-refractivity contribution in [1.29, 1.82) is 0 Å². The largest absolute Gasteiger partial charge is 0.381 e. The highest BCUT2D eigenvalue weighted by Crippen LogP contribution is 2.26. The Morgan fingerprint density at radius 2 is 1.66 bits per heavy atom. The van der Waals surface area contributed by atoms with E-state index in [0.717, 1.165) is 37.2 Å². The molecule has 0 bridgehead atoms. The van der Waals surface area contributed by atoms with E-state index < -0.39 is 32.4 Å². The normalized spacial score (nSPS) is 14.1. The summed E-state index contributed by atoms with van der Waals surface area (Å²) in [7, 11) is -4.60. The van der Waals surface area contributed by atoms with Crippen molar-refractivity contribution in [3.63, 3.8) is 0 Å². The number of aromatic nitrogens is 2. The molecule has 2 aromatic carbocycles. The second-order valence-electron chi connectivity index (χ2n) is 7.31. The number of nitrogens with zero attached hydrogens (tertiary/aromatic N) is 3. The van der Waals surface area contributed by atoms with Crippen LogP contribution >= 0.6 is 0 Å². The van der Waals surface area contributed by atoms with Crippen LogP contribution in [0.5, 0.6) is 0 Å². The van der Waals surface area contributed by atoms with Crippen LogP contribution in [-0.4, -0.2) is 36.4 Å². The average molecular weight is 463 g/mol. The summed E-state index contributed by atoms with van der Waals surface area (Å²) in [4.78, 5) is 8.37. The van der Waals surface area contributed by atoms with E-state index >= 15 is 0 Å². The lowest BCUT2D eigenvalue weighted by molar-refractivity contribution is 0.172. The van der Waals surface area contributed by atoms with Crippen LogP contribution in [0.25, 0.3) is 0 Å². The van der Waals surface area contributed by atoms with Crippen molar-refractivity contribution >= 4 is 21.7 Å². The molecule has 11 heteroatoms. The maximum absolute atomic E-state index is 14.6. The van der Waals surface area contributed by atoms with Crippen LogP contribution in [0, 0.1) is 17.5 Å². The molecule has 0 radical (unpaired) electrons. The number of hydrogen-bond acceptors (Lipinski definition) is 6. The summed E-state index contributed by atoms with van der Waals surface area (Å²) in [5.41, 5.74) is 1.15. The van der Waals surface area contributed by atoms with Gasteiger partial charge in [0, 0.05) is 36.7 Å². The zero-order chi connectivity index (χ0) is 22.7. The van der Waals surface area contributed by atoms with Gasteiger partial charge in [-0.25, -0.2) is 36.3 Å². The molecule has 1 saturated heterocycles. The van der Waals surface area contributed by atoms with E-state index in [2.05, 4.69) is 20.2 Å². The fourth-order valence-corrected chi connectivity index (χ4v) is 4.44. The van der Waals surface area contributed by atoms with Crippen molar-refractivity contribution in [2.45, 2.75) is 24.4 Å². The van der Waals surface area contributed by atoms with Gasteiger partial charge in [-0.1, -0.05) is 12.1 Å². The molecular weight excluding hydrogens is 443 g/mol. The highest BCUT2D eigenvalue weighted by Gasteiger charge is 2.26. The van der Waals surface area contributed by atoms with Crippen LogP contribution in [-0.2, 0) is 23.1 Å². The Kier molecular flexibility index (Phi) is 6.28. The number of rotatable bonds is 8. The van der Waals surface area contributed by atoms with Crippen molar-refractivity contribution < 1.29 is 21.6 Å². The maximum atomic E-state index is 14.6. The minimum absolute atomic E-state index is 0.0169. The lowest BCUT2D eigenvalue weighted by atomic mass is 10.0. The molecule has 7 nitrogen and oxygen atoms in total. The maximum Gasteiger partial charge on any atom is 0.270 e. The molecule has 1 aliphatic rings. The van der Waals surface area contributed by atoms with Crippen molar-refractivity contribution in [3.05, 3.63) is 77.4 Å². The van der Waals surface area contributed by atoms with Crippen LogP contribution in [0.3, 0.4) is 0 Å². The number of halogens is 3. The zero-order valence-corrected chi connectivity index (χ0v) is 17.7. The summed E-state index contributed by atoms with van der Waals surface area (Å²) in [6.45, 7) is 2.45. The fraction of sp³-hybridized carbons (Fsp3) is 0.238. The minimum Gasteiger partial charge on any atom is -0.381 e. The Morgan fingerprint density at radius 3 is 2.28 bits per heavy atom. The summed E-state index contributed by atoms with van der Waals surface area (Å²) >= 11 is 0. The quantitative estimate of drug-likeness (QED) is 0.532. The molecule has 32 heavy (non-hydrogen) atoms. The molecular formula is C21H20F3N5O2S. The molecule has 0 atom stereocenters. The summed E-state index contributed by atoms with van der Waals surface area (Å²) in [6.07, 6.45) is 3.66. The number of likely N-dealkylation sites (tertiary alicyclic amines) is 1. The Balaban J connectivity index is 1.53. The van der Waals surface area contributed by atoms with E-state index in [9.17, 15) is 21.6 Å². The van der Waals surface area contributed by atoms with E-state index in [-0.39, 0.29) is 18.2 Å². The molecule has 2 heterocycles. The molecule has 0 unspecified atom stereocenters. The van der Waals surface area contributed by atoms with Gasteiger partial charge in [0.15, 0.2) is 4.90 Å². The van der Waals surface area contributed by atoms with E-state index in [1.54, 1.807) is 6.07 Å². The summed E-state index contributed by atoms with van der Waals surface area (Å²) in [5.74, 6) is -3.35. The lowest BCUT2D eigenvalue weighted by Crippen LogP contribution is -2.36. The average Bonchev–Trinajstić information content (AvgIpc) is 2.69. The highest BCUT2D eigenvalue weighted by molar-refractivity contribution is 7.92. The highest BCUT2D eigenvalue weighted by atomic mass is 32.2. The summed E-state index contributed by atoms with van der Waals surface area (Å²) in [6, 6.07) is 7.91. The van der Waals surface area contributed by atoms with Gasteiger partial charge in [-0.2, -0.15) is 0 Å². The first kappa shape index (κ1) is 22.0. The zero-order valence-electron chi connectivity index (χ0n) is 16.9. The van der Waals surface area contributed by atoms with Crippen LogP contribution in [0.15, 0.2) is 53.7 Å². The molecule has 0 amide bonds. The number of sulfonamides is 1. The molecule has 168 valence electrons. The van der Waals surface area contributed by atoms with Gasteiger partial charge < -0.3 is 5.32 Å². The molecule has 1 aliphatic heterocycles. The van der Waals surface area contributed by atoms with Crippen molar-refractivity contribution in [3.8, 4) is 0 Å². The SMILES string of the molecule is O=S(=O)(Nc1ncccn1)c1c(F)cc(NCc2c(F)cccc2CN2CCC2)cc1F. The predicted octanol–water partition coefficient (Wildman–Crippen LogP) is 3.51. The van der Waals surface area contributed by atoms with Crippen molar-refractivity contribution in [2.75, 3.05) is 23.1 Å². The molecule has 3 aromatic rings. The lowest BCUT2D eigenvalue weighted by Gasteiger charge is -2.31. The Bertz CT molecular complexity index is 1200. The minimum atomic E-state index is -4.60. The van der Waals surface area contributed by atoms with Gasteiger partial charge in [-0.15, -0.1) is 0 Å². The van der Waals surface area contributed by atoms with Crippen molar-refractivity contribution in [2.24, 2.45) is 0 Å². The van der Waals surface area contributed by atoms with E-state index in [1.807, 2.05) is 10.8 Å². The molecule has 1 fully saturated rings. The van der Waals surface area contributed by atoms with Gasteiger partial charge in [0.1, 0.15) is 17.5 Å². The Morgan fingerprint density at radius 1 is 0.969 bits per heavy atom. The predicted molar refractivity (Wildman–Crippen MR) is 113 cm³/mol. The van der Waals surface area contributed by atoms with Gasteiger partial charge in [0.2, 0.25) is 5.95 Å². The van der Waals surface area contributed by atoms with E-state index in [0.29, 0.717) is 12.1 Å². The van der Waals surface area contributed by atoms with Crippen LogP contribution in [0.1, 0.15) is 17.5 Å². The van der Waals surface area contributed by atoms with Gasteiger partial charge >= 0.3 is 0 Å². The van der Waals surface area contributed by atoms with Gasteiger partial charge in [-0.05, 0) is 49.3 Å². The molecule has 0 aliphatic carbocycles. The molecule has 0 saturated carbocycles. The third kappa shape index (κ3) is 4.83. The Hall–Kier alpha value is -3.18. The summed E-state index contributed by atoms with van der Waals surface area (Å²) < 4.78 is 70.4. The third-order valence-corrected chi connectivity index (χ3v) is 6.46. The smallest absolute Gasteiger partial charge is 0.270 e. The molecule has 4 rings (SSSR count). The number of benzene rings is 2. The van der Waals surface area contributed by atoms with Gasteiger partial charge in [-0.3, -0.25) is 4.90 Å². The summed E-state index contributed by atoms with van der Waals surface area (Å²) in [5, 5.41) is 2.78. The number of hydrogen-bond donors (Lipinski definition) is 2. The molecule has 0 spiro atoms. The third-order valence-electron chi connectivity index (χ3n) is 5.09. The van der Waals surface area contributed by atoms with Crippen LogP contribution < -0.4 is 10.0 Å². The first-order chi connectivity index (χ1) is 15.3. The van der Waals surface area contributed by atoms with Crippen molar-refractivity contribution in [1.82, 2.24) is 14.9 Å². The second-order valence-corrected chi connectivity index (χ2v) is 8.93. The molecule has 2 N–H and O–H groups in total. The fourth-order valence-electron chi connectivity index (χ4n) is 3.36. The standard InChI is InChI=1S/C21H20F3N5O2S/c22-17-5-1-4-14(13-29-8-3-9-29)16(17)12-27-15-10-18(23)20(19(24)11-15)32(30,31)28-21-25-6-2-7-26-21/h1-2,4-7,10-11,27H,3,8-9,12-13H2,(H,25,26,28). The first-order valence-corrected chi connectivity index (χ1v) is 11.3. The number of nitrogens with one attached hydrogen (secondary N) is 2. The van der Waals surface area contributed by atoms with E-state index in [4.69, 9.17) is 0 Å². The van der Waals surface area contributed by atoms with Crippen LogP contribution in [0.2, 0.25) is 0 Å². The first-order valence-electron chi connectivity index (χ1n) is 9.85. The monoisotopic (exact) mass is 463 g/mol. The Labute approximate surface area is 183 Å². The number of anilines is 2. The van der Waals surface area contributed by atoms with Gasteiger partial charge in [0.25, 0.3) is 10.0 Å². The van der Waals surface area contributed by atoms with E-state index in [1.165, 1.54) is 24.5 Å². The van der Waals surface area contributed by atoms with Crippen LogP contribution in [0.4, 0.5) is 24.8 Å². The second kappa shape index (κ2) is 9.13.